The van der Waals surface area contributed by atoms with Crippen LogP contribution in [-0.4, -0.2) is 54.8 Å². The Labute approximate surface area is 183 Å². The van der Waals surface area contributed by atoms with Crippen LogP contribution in [0, 0.1) is 0 Å². The van der Waals surface area contributed by atoms with Gasteiger partial charge in [-0.1, -0.05) is 19.1 Å². The number of hydrogen-bond donors (Lipinski definition) is 2. The number of ether oxygens (including phenoxy) is 1. The minimum atomic E-state index is -3.83. The summed E-state index contributed by atoms with van der Waals surface area (Å²) >= 11 is 0. The molecular formula is C20H27N3O6S2. The Morgan fingerprint density at radius 3 is 2.23 bits per heavy atom. The van der Waals surface area contributed by atoms with Crippen molar-refractivity contribution in [3.63, 3.8) is 0 Å². The fourth-order valence-corrected chi connectivity index (χ4v) is 4.84. The van der Waals surface area contributed by atoms with E-state index in [-0.39, 0.29) is 34.2 Å². The number of carbonyl (C=O) groups excluding carboxylic acids is 1. The van der Waals surface area contributed by atoms with Gasteiger partial charge in [0.15, 0.2) is 0 Å². The molecule has 31 heavy (non-hydrogen) atoms. The smallest absolute Gasteiger partial charge is 0.251 e. The molecule has 0 aromatic heterocycles. The fraction of sp³-hybridized carbons (Fsp3) is 0.350. The van der Waals surface area contributed by atoms with Gasteiger partial charge < -0.3 is 10.1 Å². The molecule has 2 N–H and O–H groups in total. The zero-order chi connectivity index (χ0) is 23.2. The van der Waals surface area contributed by atoms with Crippen LogP contribution in [-0.2, 0) is 26.6 Å². The van der Waals surface area contributed by atoms with Gasteiger partial charge >= 0.3 is 0 Å². The van der Waals surface area contributed by atoms with Crippen molar-refractivity contribution < 1.29 is 26.4 Å². The summed E-state index contributed by atoms with van der Waals surface area (Å²) in [4.78, 5) is 12.6. The second-order valence-corrected chi connectivity index (χ2v) is 10.8. The third kappa shape index (κ3) is 6.03. The Hall–Kier alpha value is -2.47. The van der Waals surface area contributed by atoms with Crippen molar-refractivity contribution in [1.29, 1.82) is 0 Å². The quantitative estimate of drug-likeness (QED) is 0.545. The monoisotopic (exact) mass is 469 g/mol. The lowest BCUT2D eigenvalue weighted by Gasteiger charge is -2.13. The van der Waals surface area contributed by atoms with E-state index in [1.54, 1.807) is 12.1 Å². The Morgan fingerprint density at radius 2 is 1.68 bits per heavy atom. The van der Waals surface area contributed by atoms with Gasteiger partial charge in [0.2, 0.25) is 20.0 Å². The summed E-state index contributed by atoms with van der Waals surface area (Å²) in [6.07, 6.45) is 0.621. The summed E-state index contributed by atoms with van der Waals surface area (Å²) in [5, 5.41) is 2.70. The average molecular weight is 470 g/mol. The SMILES string of the molecule is CCCNS(=O)(=O)c1cc(C(=O)NCc2ccc(S(=O)(=O)N(C)C)cc2)ccc1OC. The molecule has 0 spiro atoms. The summed E-state index contributed by atoms with van der Waals surface area (Å²) in [6, 6.07) is 10.3. The lowest BCUT2D eigenvalue weighted by molar-refractivity contribution is 0.0950. The van der Waals surface area contributed by atoms with E-state index in [9.17, 15) is 21.6 Å². The molecule has 0 aliphatic rings. The third-order valence-electron chi connectivity index (χ3n) is 4.41. The number of hydrogen-bond acceptors (Lipinski definition) is 6. The maximum absolute atomic E-state index is 12.6. The van der Waals surface area contributed by atoms with E-state index in [1.165, 1.54) is 51.5 Å². The molecule has 170 valence electrons. The Bertz CT molecular complexity index is 1130. The van der Waals surface area contributed by atoms with Gasteiger partial charge in [-0.25, -0.2) is 25.9 Å². The average Bonchev–Trinajstić information content (AvgIpc) is 2.75. The maximum atomic E-state index is 12.6. The van der Waals surface area contributed by atoms with E-state index in [1.807, 2.05) is 6.92 Å². The maximum Gasteiger partial charge on any atom is 0.251 e. The van der Waals surface area contributed by atoms with Gasteiger partial charge in [0.1, 0.15) is 10.6 Å². The number of sulfonamides is 2. The third-order valence-corrected chi connectivity index (χ3v) is 7.72. The molecule has 0 fully saturated rings. The second kappa shape index (κ2) is 10.2. The molecule has 0 aliphatic carbocycles. The minimum absolute atomic E-state index is 0.116. The number of carbonyl (C=O) groups is 1. The zero-order valence-corrected chi connectivity index (χ0v) is 19.5. The molecule has 0 heterocycles. The molecule has 2 rings (SSSR count). The van der Waals surface area contributed by atoms with Crippen LogP contribution in [0.3, 0.4) is 0 Å². The molecule has 1 amide bonds. The Morgan fingerprint density at radius 1 is 1.03 bits per heavy atom. The lowest BCUT2D eigenvalue weighted by Crippen LogP contribution is -2.26. The van der Waals surface area contributed by atoms with Crippen LogP contribution in [0.1, 0.15) is 29.3 Å². The van der Waals surface area contributed by atoms with Gasteiger partial charge in [0, 0.05) is 32.7 Å². The summed E-state index contributed by atoms with van der Waals surface area (Å²) < 4.78 is 58.0. The Balaban J connectivity index is 2.17. The van der Waals surface area contributed by atoms with Gasteiger partial charge in [-0.05, 0) is 42.3 Å². The van der Waals surface area contributed by atoms with Crippen LogP contribution in [0.25, 0.3) is 0 Å². The van der Waals surface area contributed by atoms with Crippen LogP contribution >= 0.6 is 0 Å². The predicted molar refractivity (Wildman–Crippen MR) is 117 cm³/mol. The summed E-state index contributed by atoms with van der Waals surface area (Å²) in [7, 11) is -3.11. The van der Waals surface area contributed by atoms with Crippen LogP contribution in [0.4, 0.5) is 0 Å². The molecule has 0 saturated carbocycles. The molecule has 0 atom stereocenters. The number of methoxy groups -OCH3 is 1. The highest BCUT2D eigenvalue weighted by Crippen LogP contribution is 2.25. The molecule has 2 aromatic rings. The van der Waals surface area contributed by atoms with E-state index < -0.39 is 26.0 Å². The topological polar surface area (TPSA) is 122 Å². The van der Waals surface area contributed by atoms with E-state index >= 15 is 0 Å². The largest absolute Gasteiger partial charge is 0.495 e. The highest BCUT2D eigenvalue weighted by molar-refractivity contribution is 7.89. The predicted octanol–water partition coefficient (Wildman–Crippen LogP) is 1.56. The summed E-state index contributed by atoms with van der Waals surface area (Å²) in [5.41, 5.74) is 0.849. The second-order valence-electron chi connectivity index (χ2n) is 6.88. The van der Waals surface area contributed by atoms with Crippen molar-refractivity contribution in [1.82, 2.24) is 14.3 Å². The number of nitrogens with zero attached hydrogens (tertiary/aromatic N) is 1. The number of nitrogens with one attached hydrogen (secondary N) is 2. The van der Waals surface area contributed by atoms with Gasteiger partial charge in [-0.3, -0.25) is 4.79 Å². The first-order chi connectivity index (χ1) is 14.5. The molecule has 0 aliphatic heterocycles. The summed E-state index contributed by atoms with van der Waals surface area (Å²) in [5.74, 6) is -0.336. The first kappa shape index (κ1) is 24.8. The van der Waals surface area contributed by atoms with Crippen LogP contribution in [0.2, 0.25) is 0 Å². The summed E-state index contributed by atoms with van der Waals surface area (Å²) in [6.45, 7) is 2.25. The van der Waals surface area contributed by atoms with Crippen LogP contribution in [0.5, 0.6) is 5.75 Å². The van der Waals surface area contributed by atoms with Gasteiger partial charge in [0.25, 0.3) is 5.91 Å². The van der Waals surface area contributed by atoms with Crippen LogP contribution in [0.15, 0.2) is 52.3 Å². The van der Waals surface area contributed by atoms with Gasteiger partial charge in [-0.2, -0.15) is 0 Å². The molecule has 0 saturated heterocycles. The van der Waals surface area contributed by atoms with Gasteiger partial charge in [0.05, 0.1) is 12.0 Å². The molecule has 0 radical (unpaired) electrons. The number of amides is 1. The molecule has 11 heteroatoms. The van der Waals surface area contributed by atoms with Crippen molar-refractivity contribution in [2.75, 3.05) is 27.7 Å². The van der Waals surface area contributed by atoms with Crippen molar-refractivity contribution in [3.05, 3.63) is 53.6 Å². The molecule has 0 unspecified atom stereocenters. The van der Waals surface area contributed by atoms with Crippen molar-refractivity contribution in [2.24, 2.45) is 0 Å². The van der Waals surface area contributed by atoms with Crippen molar-refractivity contribution in [3.8, 4) is 5.75 Å². The number of rotatable bonds is 10. The minimum Gasteiger partial charge on any atom is -0.495 e. The van der Waals surface area contributed by atoms with E-state index in [2.05, 4.69) is 10.0 Å². The molecule has 0 bridgehead atoms. The normalized spacial score (nSPS) is 12.0. The number of benzene rings is 2. The molecule has 9 nitrogen and oxygen atoms in total. The highest BCUT2D eigenvalue weighted by Gasteiger charge is 2.21. The van der Waals surface area contributed by atoms with Crippen molar-refractivity contribution in [2.45, 2.75) is 29.7 Å². The standard InChI is InChI=1S/C20H27N3O6S2/c1-5-12-22-30(25,26)19-13-16(8-11-18(19)29-4)20(24)21-14-15-6-9-17(10-7-15)31(27,28)23(2)3/h6-11,13,22H,5,12,14H2,1-4H3,(H,21,24). The lowest BCUT2D eigenvalue weighted by atomic mass is 10.2. The first-order valence-corrected chi connectivity index (χ1v) is 12.4. The van der Waals surface area contributed by atoms with Crippen LogP contribution < -0.4 is 14.8 Å². The van der Waals surface area contributed by atoms with Crippen molar-refractivity contribution >= 4 is 26.0 Å². The Kier molecular flexibility index (Phi) is 8.18. The fourth-order valence-electron chi connectivity index (χ4n) is 2.62. The highest BCUT2D eigenvalue weighted by atomic mass is 32.2. The van der Waals surface area contributed by atoms with E-state index in [0.717, 1.165) is 4.31 Å². The first-order valence-electron chi connectivity index (χ1n) is 9.50. The van der Waals surface area contributed by atoms with E-state index in [0.29, 0.717) is 12.0 Å². The van der Waals surface area contributed by atoms with Gasteiger partial charge in [-0.15, -0.1) is 0 Å². The molecular weight excluding hydrogens is 442 g/mol. The zero-order valence-electron chi connectivity index (χ0n) is 17.9. The molecule has 2 aromatic carbocycles. The van der Waals surface area contributed by atoms with E-state index in [4.69, 9.17) is 4.74 Å².